The highest BCUT2D eigenvalue weighted by Crippen LogP contribution is 2.40. The van der Waals surface area contributed by atoms with Crippen LogP contribution in [0.25, 0.3) is 11.1 Å². The fourth-order valence-electron chi connectivity index (χ4n) is 4.77. The molecule has 0 saturated carbocycles. The van der Waals surface area contributed by atoms with E-state index in [1.807, 2.05) is 42.5 Å². The zero-order chi connectivity index (χ0) is 25.0. The van der Waals surface area contributed by atoms with Gasteiger partial charge in [0.15, 0.2) is 11.5 Å². The largest absolute Gasteiger partial charge is 0.493 e. The molecule has 1 unspecified atom stereocenters. The van der Waals surface area contributed by atoms with E-state index in [-0.39, 0.29) is 17.2 Å². The second-order valence-electron chi connectivity index (χ2n) is 8.62. The van der Waals surface area contributed by atoms with Crippen molar-refractivity contribution < 1.29 is 22.7 Å². The molecule has 1 aliphatic rings. The predicted octanol–water partition coefficient (Wildman–Crippen LogP) is 3.99. The molecule has 3 N–H and O–H groups in total. The molecule has 3 aromatic rings. The molecular formula is C27H30N2O5S. The first-order valence-electron chi connectivity index (χ1n) is 11.6. The van der Waals surface area contributed by atoms with E-state index in [9.17, 15) is 13.2 Å². The number of hydrogen-bond acceptors (Lipinski definition) is 5. The van der Waals surface area contributed by atoms with Gasteiger partial charge in [-0.1, -0.05) is 48.9 Å². The number of carbonyl (C=O) groups excluding carboxylic acids is 1. The summed E-state index contributed by atoms with van der Waals surface area (Å²) in [5.41, 5.74) is 3.79. The van der Waals surface area contributed by atoms with Crippen LogP contribution in [0.1, 0.15) is 41.9 Å². The van der Waals surface area contributed by atoms with Crippen LogP contribution in [0.3, 0.4) is 0 Å². The summed E-state index contributed by atoms with van der Waals surface area (Å²) in [6, 6.07) is 18.5. The van der Waals surface area contributed by atoms with Crippen molar-refractivity contribution in [1.29, 1.82) is 0 Å². The highest BCUT2D eigenvalue weighted by Gasteiger charge is 2.31. The van der Waals surface area contributed by atoms with E-state index in [2.05, 4.69) is 5.32 Å². The van der Waals surface area contributed by atoms with Crippen molar-refractivity contribution in [1.82, 2.24) is 5.32 Å². The number of sulfonamides is 1. The molecule has 3 aromatic carbocycles. The fraction of sp³-hybridized carbons (Fsp3) is 0.296. The Bertz CT molecular complexity index is 1320. The van der Waals surface area contributed by atoms with Crippen molar-refractivity contribution in [3.8, 4) is 22.6 Å². The van der Waals surface area contributed by atoms with Crippen molar-refractivity contribution in [3.05, 3.63) is 77.4 Å². The molecule has 0 spiro atoms. The average Bonchev–Trinajstić information content (AvgIpc) is 3.07. The van der Waals surface area contributed by atoms with Gasteiger partial charge in [-0.3, -0.25) is 4.79 Å². The van der Waals surface area contributed by atoms with Gasteiger partial charge < -0.3 is 14.8 Å². The molecule has 0 bridgehead atoms. The summed E-state index contributed by atoms with van der Waals surface area (Å²) in [4.78, 5) is 13.2. The number of nitrogens with two attached hydrogens (primary N) is 1. The summed E-state index contributed by atoms with van der Waals surface area (Å²) in [7, 11) is -0.948. The van der Waals surface area contributed by atoms with E-state index in [4.69, 9.17) is 14.6 Å². The quantitative estimate of drug-likeness (QED) is 0.516. The number of primary sulfonamides is 1. The molecule has 7 nitrogen and oxygen atoms in total. The second-order valence-corrected chi connectivity index (χ2v) is 10.1. The van der Waals surface area contributed by atoms with E-state index in [0.29, 0.717) is 35.6 Å². The Kier molecular flexibility index (Phi) is 7.42. The van der Waals surface area contributed by atoms with Crippen LogP contribution in [0, 0.1) is 0 Å². The molecule has 1 amide bonds. The van der Waals surface area contributed by atoms with Crippen LogP contribution < -0.4 is 19.9 Å². The standard InChI is InChI=1S/C27H30N2O5S/c1-33-23-13-11-18(17-24(23)34-2)16-22-25(35(28,31)32)14-12-20(19-8-4-3-5-9-19)26(22)21-10-6-7-15-29-27(21)30/h3-5,8-9,11-14,17,21H,6-7,10,15-16H2,1-2H3,(H,29,30)(H2,28,31,32). The Balaban J connectivity index is 1.99. The highest BCUT2D eigenvalue weighted by atomic mass is 32.2. The van der Waals surface area contributed by atoms with E-state index in [1.54, 1.807) is 32.4 Å². The number of carbonyl (C=O) groups is 1. The van der Waals surface area contributed by atoms with Crippen molar-refractivity contribution in [2.45, 2.75) is 36.5 Å². The summed E-state index contributed by atoms with van der Waals surface area (Å²) in [5.74, 6) is 0.517. The van der Waals surface area contributed by atoms with E-state index in [0.717, 1.165) is 29.5 Å². The molecule has 1 aliphatic heterocycles. The lowest BCUT2D eigenvalue weighted by Crippen LogP contribution is -2.29. The monoisotopic (exact) mass is 494 g/mol. The minimum atomic E-state index is -4.06. The van der Waals surface area contributed by atoms with Gasteiger partial charge in [-0.2, -0.15) is 0 Å². The van der Waals surface area contributed by atoms with Crippen molar-refractivity contribution in [3.63, 3.8) is 0 Å². The SMILES string of the molecule is COc1ccc(Cc2c(S(N)(=O)=O)ccc(-c3ccccc3)c2C2CCCCNC2=O)cc1OC. The van der Waals surface area contributed by atoms with E-state index in [1.165, 1.54) is 0 Å². The number of nitrogens with one attached hydrogen (secondary N) is 1. The van der Waals surface area contributed by atoms with E-state index >= 15 is 0 Å². The van der Waals surface area contributed by atoms with Crippen LogP contribution >= 0.6 is 0 Å². The Morgan fingerprint density at radius 1 is 0.971 bits per heavy atom. The molecule has 0 aliphatic carbocycles. The number of benzene rings is 3. The number of rotatable bonds is 7. The molecule has 1 heterocycles. The van der Waals surface area contributed by atoms with Crippen LogP contribution in [0.2, 0.25) is 0 Å². The molecular weight excluding hydrogens is 464 g/mol. The number of ether oxygens (including phenoxy) is 2. The average molecular weight is 495 g/mol. The minimum absolute atomic E-state index is 0.0269. The third-order valence-electron chi connectivity index (χ3n) is 6.42. The first kappa shape index (κ1) is 24.8. The summed E-state index contributed by atoms with van der Waals surface area (Å²) in [6.07, 6.45) is 2.61. The second kappa shape index (κ2) is 10.5. The normalized spacial score (nSPS) is 16.3. The van der Waals surface area contributed by atoms with Crippen LogP contribution in [-0.4, -0.2) is 35.1 Å². The number of hydrogen-bond donors (Lipinski definition) is 2. The molecule has 184 valence electrons. The zero-order valence-electron chi connectivity index (χ0n) is 19.9. The summed E-state index contributed by atoms with van der Waals surface area (Å²) in [6.45, 7) is 0.607. The van der Waals surface area contributed by atoms with Gasteiger partial charge in [0.25, 0.3) is 0 Å². The molecule has 8 heteroatoms. The third-order valence-corrected chi connectivity index (χ3v) is 7.41. The molecule has 4 rings (SSSR count). The van der Waals surface area contributed by atoms with Gasteiger partial charge in [-0.05, 0) is 65.3 Å². The third kappa shape index (κ3) is 5.33. The van der Waals surface area contributed by atoms with Crippen molar-refractivity contribution in [2.24, 2.45) is 5.14 Å². The zero-order valence-corrected chi connectivity index (χ0v) is 20.7. The van der Waals surface area contributed by atoms with E-state index < -0.39 is 15.9 Å². The summed E-state index contributed by atoms with van der Waals surface area (Å²) < 4.78 is 36.3. The van der Waals surface area contributed by atoms with Crippen LogP contribution in [-0.2, 0) is 21.2 Å². The Morgan fingerprint density at radius 2 is 1.71 bits per heavy atom. The Hall–Kier alpha value is -3.36. The van der Waals surface area contributed by atoms with Crippen molar-refractivity contribution in [2.75, 3.05) is 20.8 Å². The molecule has 0 radical (unpaired) electrons. The predicted molar refractivity (Wildman–Crippen MR) is 135 cm³/mol. The molecule has 1 atom stereocenters. The van der Waals surface area contributed by atoms with Gasteiger partial charge in [-0.25, -0.2) is 13.6 Å². The van der Waals surface area contributed by atoms with Crippen molar-refractivity contribution >= 4 is 15.9 Å². The maximum absolute atomic E-state index is 13.2. The topological polar surface area (TPSA) is 108 Å². The summed E-state index contributed by atoms with van der Waals surface area (Å²) >= 11 is 0. The molecule has 0 aromatic heterocycles. The lowest BCUT2D eigenvalue weighted by molar-refractivity contribution is -0.122. The molecule has 1 saturated heterocycles. The minimum Gasteiger partial charge on any atom is -0.493 e. The van der Waals surface area contributed by atoms with Gasteiger partial charge in [-0.15, -0.1) is 0 Å². The first-order chi connectivity index (χ1) is 16.8. The molecule has 35 heavy (non-hydrogen) atoms. The Morgan fingerprint density at radius 3 is 2.40 bits per heavy atom. The van der Waals surface area contributed by atoms with Crippen LogP contribution in [0.5, 0.6) is 11.5 Å². The van der Waals surface area contributed by atoms with Gasteiger partial charge in [0.05, 0.1) is 25.0 Å². The number of amides is 1. The van der Waals surface area contributed by atoms with Gasteiger partial charge in [0.1, 0.15) is 0 Å². The van der Waals surface area contributed by atoms with Crippen LogP contribution in [0.4, 0.5) is 0 Å². The van der Waals surface area contributed by atoms with Crippen LogP contribution in [0.15, 0.2) is 65.6 Å². The smallest absolute Gasteiger partial charge is 0.238 e. The van der Waals surface area contributed by atoms with Gasteiger partial charge in [0.2, 0.25) is 15.9 Å². The summed E-state index contributed by atoms with van der Waals surface area (Å²) in [5, 5.41) is 8.69. The van der Waals surface area contributed by atoms with Gasteiger partial charge >= 0.3 is 0 Å². The Labute approximate surface area is 206 Å². The maximum atomic E-state index is 13.2. The number of methoxy groups -OCH3 is 2. The lowest BCUT2D eigenvalue weighted by Gasteiger charge is -2.24. The van der Waals surface area contributed by atoms with Gasteiger partial charge in [0, 0.05) is 6.54 Å². The fourth-order valence-corrected chi connectivity index (χ4v) is 5.55. The molecule has 1 fully saturated rings. The lowest BCUT2D eigenvalue weighted by atomic mass is 9.82. The first-order valence-corrected chi connectivity index (χ1v) is 13.1. The maximum Gasteiger partial charge on any atom is 0.238 e. The highest BCUT2D eigenvalue weighted by molar-refractivity contribution is 7.89.